The van der Waals surface area contributed by atoms with Crippen LogP contribution in [0.2, 0.25) is 0 Å². The number of rotatable bonds is 7. The molecule has 0 amide bonds. The molecular formula is C20H31NO2. The summed E-state index contributed by atoms with van der Waals surface area (Å²) in [6.07, 6.45) is 5.32. The van der Waals surface area contributed by atoms with E-state index in [0.717, 1.165) is 19.4 Å². The zero-order chi connectivity index (χ0) is 16.7. The monoisotopic (exact) mass is 317 g/mol. The molecule has 23 heavy (non-hydrogen) atoms. The third-order valence-electron chi connectivity index (χ3n) is 4.89. The summed E-state index contributed by atoms with van der Waals surface area (Å²) in [5.41, 5.74) is 2.67. The van der Waals surface area contributed by atoms with Crippen LogP contribution in [0.25, 0.3) is 0 Å². The van der Waals surface area contributed by atoms with Gasteiger partial charge in [-0.1, -0.05) is 32.0 Å². The molecule has 0 atom stereocenters. The zero-order valence-corrected chi connectivity index (χ0v) is 14.8. The van der Waals surface area contributed by atoms with Crippen molar-refractivity contribution in [1.29, 1.82) is 0 Å². The highest BCUT2D eigenvalue weighted by Crippen LogP contribution is 2.32. The third kappa shape index (κ3) is 5.56. The predicted molar refractivity (Wildman–Crippen MR) is 95.7 cm³/mol. The van der Waals surface area contributed by atoms with E-state index >= 15 is 0 Å². The molecule has 0 heterocycles. The van der Waals surface area contributed by atoms with Crippen LogP contribution in [-0.2, 0) is 9.53 Å². The van der Waals surface area contributed by atoms with E-state index in [9.17, 15) is 4.79 Å². The summed E-state index contributed by atoms with van der Waals surface area (Å²) < 4.78 is 5.06. The Labute approximate surface area is 140 Å². The summed E-state index contributed by atoms with van der Waals surface area (Å²) in [5.74, 6) is 1.75. The van der Waals surface area contributed by atoms with Gasteiger partial charge in [-0.2, -0.15) is 0 Å². The van der Waals surface area contributed by atoms with Gasteiger partial charge in [-0.25, -0.2) is 0 Å². The Morgan fingerprint density at radius 1 is 1.17 bits per heavy atom. The second-order valence-electron chi connectivity index (χ2n) is 7.02. The molecule has 0 spiro atoms. The van der Waals surface area contributed by atoms with Crippen LogP contribution in [0.1, 0.15) is 64.4 Å². The van der Waals surface area contributed by atoms with Crippen LogP contribution in [0.4, 0.5) is 5.69 Å². The molecular weight excluding hydrogens is 286 g/mol. The quantitative estimate of drug-likeness (QED) is 0.721. The average molecular weight is 317 g/mol. The average Bonchev–Trinajstić information content (AvgIpc) is 2.54. The highest BCUT2D eigenvalue weighted by molar-refractivity contribution is 5.69. The van der Waals surface area contributed by atoms with Crippen LogP contribution < -0.4 is 5.32 Å². The second kappa shape index (κ2) is 8.95. The molecule has 0 saturated heterocycles. The Kier molecular flexibility index (Phi) is 6.94. The van der Waals surface area contributed by atoms with Gasteiger partial charge in [0.15, 0.2) is 0 Å². The number of ether oxygens (including phenoxy) is 1. The molecule has 1 fully saturated rings. The van der Waals surface area contributed by atoms with Gasteiger partial charge < -0.3 is 10.1 Å². The molecule has 0 bridgehead atoms. The van der Waals surface area contributed by atoms with E-state index < -0.39 is 0 Å². The van der Waals surface area contributed by atoms with Crippen molar-refractivity contribution in [3.05, 3.63) is 29.8 Å². The molecule has 0 unspecified atom stereocenters. The highest BCUT2D eigenvalue weighted by atomic mass is 16.5. The van der Waals surface area contributed by atoms with Crippen molar-refractivity contribution < 1.29 is 9.53 Å². The first kappa shape index (κ1) is 17.8. The van der Waals surface area contributed by atoms with Gasteiger partial charge in [-0.3, -0.25) is 4.79 Å². The maximum Gasteiger partial charge on any atom is 0.306 e. The third-order valence-corrected chi connectivity index (χ3v) is 4.89. The van der Waals surface area contributed by atoms with Crippen LogP contribution >= 0.6 is 0 Å². The SMILES string of the molecule is CCOC(=O)CC1CCC(CNc2ccccc2C(C)C)CC1. The molecule has 0 radical (unpaired) electrons. The smallest absolute Gasteiger partial charge is 0.306 e. The topological polar surface area (TPSA) is 38.3 Å². The normalized spacial score (nSPS) is 21.2. The number of nitrogens with one attached hydrogen (secondary N) is 1. The van der Waals surface area contributed by atoms with E-state index in [1.807, 2.05) is 6.92 Å². The number of carbonyl (C=O) groups is 1. The van der Waals surface area contributed by atoms with Crippen LogP contribution in [0.5, 0.6) is 0 Å². The summed E-state index contributed by atoms with van der Waals surface area (Å²) in [4.78, 5) is 11.6. The molecule has 1 N–H and O–H groups in total. The first-order valence-corrected chi connectivity index (χ1v) is 9.08. The summed E-state index contributed by atoms with van der Waals surface area (Å²) >= 11 is 0. The minimum absolute atomic E-state index is 0.0278. The first-order valence-electron chi connectivity index (χ1n) is 9.08. The van der Waals surface area contributed by atoms with Gasteiger partial charge in [0.2, 0.25) is 0 Å². The Morgan fingerprint density at radius 3 is 2.48 bits per heavy atom. The van der Waals surface area contributed by atoms with E-state index in [1.165, 1.54) is 24.1 Å². The van der Waals surface area contributed by atoms with Crippen molar-refractivity contribution in [2.75, 3.05) is 18.5 Å². The summed E-state index contributed by atoms with van der Waals surface area (Å²) in [7, 11) is 0. The van der Waals surface area contributed by atoms with Gasteiger partial charge >= 0.3 is 5.97 Å². The lowest BCUT2D eigenvalue weighted by Gasteiger charge is -2.28. The van der Waals surface area contributed by atoms with Gasteiger partial charge in [-0.05, 0) is 62.0 Å². The molecule has 1 aliphatic carbocycles. The summed E-state index contributed by atoms with van der Waals surface area (Å²) in [6, 6.07) is 8.61. The molecule has 1 aromatic rings. The van der Waals surface area contributed by atoms with Gasteiger partial charge in [0.05, 0.1) is 6.61 Å². The minimum Gasteiger partial charge on any atom is -0.466 e. The number of anilines is 1. The predicted octanol–water partition coefficient (Wildman–Crippen LogP) is 4.98. The Bertz CT molecular complexity index is 490. The number of esters is 1. The minimum atomic E-state index is -0.0278. The molecule has 0 aliphatic heterocycles. The van der Waals surface area contributed by atoms with E-state index in [-0.39, 0.29) is 5.97 Å². The Balaban J connectivity index is 1.76. The van der Waals surface area contributed by atoms with Crippen LogP contribution in [0.15, 0.2) is 24.3 Å². The van der Waals surface area contributed by atoms with Crippen molar-refractivity contribution in [2.24, 2.45) is 11.8 Å². The van der Waals surface area contributed by atoms with Crippen LogP contribution in [0.3, 0.4) is 0 Å². The number of benzene rings is 1. The lowest BCUT2D eigenvalue weighted by Crippen LogP contribution is -2.23. The standard InChI is InChI=1S/C20H31NO2/c1-4-23-20(22)13-16-9-11-17(12-10-16)14-21-19-8-6-5-7-18(19)15(2)3/h5-8,15-17,21H,4,9-14H2,1-3H3. The second-order valence-corrected chi connectivity index (χ2v) is 7.02. The molecule has 3 heteroatoms. The van der Waals surface area contributed by atoms with E-state index in [1.54, 1.807) is 0 Å². The highest BCUT2D eigenvalue weighted by Gasteiger charge is 2.23. The molecule has 1 aromatic carbocycles. The summed E-state index contributed by atoms with van der Waals surface area (Å²) in [6.45, 7) is 7.88. The molecule has 1 aliphatic rings. The van der Waals surface area contributed by atoms with E-state index in [2.05, 4.69) is 43.4 Å². The van der Waals surface area contributed by atoms with Gasteiger partial charge in [0.25, 0.3) is 0 Å². The van der Waals surface area contributed by atoms with E-state index in [0.29, 0.717) is 30.8 Å². The van der Waals surface area contributed by atoms with Crippen molar-refractivity contribution in [2.45, 2.75) is 58.8 Å². The fourth-order valence-electron chi connectivity index (χ4n) is 3.51. The number of para-hydroxylation sites is 1. The van der Waals surface area contributed by atoms with Gasteiger partial charge in [0, 0.05) is 18.7 Å². The molecule has 3 nitrogen and oxygen atoms in total. The Morgan fingerprint density at radius 2 is 1.83 bits per heavy atom. The van der Waals surface area contributed by atoms with Gasteiger partial charge in [-0.15, -0.1) is 0 Å². The zero-order valence-electron chi connectivity index (χ0n) is 14.8. The molecule has 2 rings (SSSR count). The van der Waals surface area contributed by atoms with Crippen molar-refractivity contribution >= 4 is 11.7 Å². The maximum absolute atomic E-state index is 11.6. The van der Waals surface area contributed by atoms with Crippen molar-refractivity contribution in [3.8, 4) is 0 Å². The van der Waals surface area contributed by atoms with Crippen LogP contribution in [-0.4, -0.2) is 19.1 Å². The number of hydrogen-bond donors (Lipinski definition) is 1. The Hall–Kier alpha value is -1.51. The van der Waals surface area contributed by atoms with E-state index in [4.69, 9.17) is 4.74 Å². The lowest BCUT2D eigenvalue weighted by molar-refractivity contribution is -0.144. The number of carbonyl (C=O) groups excluding carboxylic acids is 1. The number of hydrogen-bond acceptors (Lipinski definition) is 3. The lowest BCUT2D eigenvalue weighted by atomic mass is 9.80. The van der Waals surface area contributed by atoms with Gasteiger partial charge in [0.1, 0.15) is 0 Å². The largest absolute Gasteiger partial charge is 0.466 e. The summed E-state index contributed by atoms with van der Waals surface area (Å²) in [5, 5.41) is 3.65. The molecule has 0 aromatic heterocycles. The van der Waals surface area contributed by atoms with Crippen molar-refractivity contribution in [3.63, 3.8) is 0 Å². The molecule has 128 valence electrons. The van der Waals surface area contributed by atoms with Crippen molar-refractivity contribution in [1.82, 2.24) is 0 Å². The maximum atomic E-state index is 11.6. The fourth-order valence-corrected chi connectivity index (χ4v) is 3.51. The first-order chi connectivity index (χ1) is 11.1. The van der Waals surface area contributed by atoms with Crippen LogP contribution in [0, 0.1) is 11.8 Å². The fraction of sp³-hybridized carbons (Fsp3) is 0.650. The molecule has 1 saturated carbocycles.